The van der Waals surface area contributed by atoms with Crippen LogP contribution in [0.3, 0.4) is 0 Å². The van der Waals surface area contributed by atoms with Crippen LogP contribution in [0.4, 0.5) is 0 Å². The molecule has 148 valence electrons. The summed E-state index contributed by atoms with van der Waals surface area (Å²) in [5.74, 6) is 7.86. The van der Waals surface area contributed by atoms with Gasteiger partial charge in [0, 0.05) is 11.3 Å². The molecule has 0 spiro atoms. The number of rotatable bonds is 7. The molecule has 1 heterocycles. The number of fused-ring (bicyclic) bond motifs is 1. The van der Waals surface area contributed by atoms with Gasteiger partial charge in [-0.1, -0.05) is 71.9 Å². The van der Waals surface area contributed by atoms with Crippen molar-refractivity contribution in [2.45, 2.75) is 18.2 Å². The van der Waals surface area contributed by atoms with Gasteiger partial charge in [0.2, 0.25) is 5.16 Å². The Morgan fingerprint density at radius 2 is 1.79 bits per heavy atom. The van der Waals surface area contributed by atoms with E-state index in [2.05, 4.69) is 16.3 Å². The molecule has 1 unspecified atom stereocenters. The molecule has 0 aliphatic carbocycles. The quantitative estimate of drug-likeness (QED) is 0.360. The van der Waals surface area contributed by atoms with Gasteiger partial charge in [-0.25, -0.2) is 4.68 Å². The van der Waals surface area contributed by atoms with Crippen molar-refractivity contribution in [2.24, 2.45) is 0 Å². The molecule has 4 aromatic rings. The number of hydrogen-bond donors (Lipinski definition) is 2. The summed E-state index contributed by atoms with van der Waals surface area (Å²) in [4.78, 5) is 0. The highest BCUT2D eigenvalue weighted by Gasteiger charge is 2.14. The van der Waals surface area contributed by atoms with Crippen molar-refractivity contribution in [3.8, 4) is 17.1 Å². The zero-order valence-corrected chi connectivity index (χ0v) is 16.8. The van der Waals surface area contributed by atoms with Gasteiger partial charge in [-0.3, -0.25) is 0 Å². The third-order valence-electron chi connectivity index (χ3n) is 4.54. The Labute approximate surface area is 173 Å². The highest BCUT2D eigenvalue weighted by Crippen LogP contribution is 2.23. The van der Waals surface area contributed by atoms with E-state index >= 15 is 0 Å². The van der Waals surface area contributed by atoms with Crippen molar-refractivity contribution >= 4 is 22.5 Å². The van der Waals surface area contributed by atoms with E-state index in [0.29, 0.717) is 16.7 Å². The molecule has 0 aliphatic heterocycles. The highest BCUT2D eigenvalue weighted by molar-refractivity contribution is 7.99. The Morgan fingerprint density at radius 1 is 1.03 bits per heavy atom. The van der Waals surface area contributed by atoms with Crippen LogP contribution in [0.5, 0.6) is 5.75 Å². The van der Waals surface area contributed by atoms with E-state index in [0.717, 1.165) is 22.1 Å². The fourth-order valence-electron chi connectivity index (χ4n) is 2.94. The number of nitrogens with zero attached hydrogens (tertiary/aromatic N) is 3. The first-order chi connectivity index (χ1) is 14.1. The molecule has 29 heavy (non-hydrogen) atoms. The van der Waals surface area contributed by atoms with Gasteiger partial charge in [-0.15, -0.1) is 10.2 Å². The number of aliphatic hydroxyl groups excluding tert-OH is 1. The summed E-state index contributed by atoms with van der Waals surface area (Å²) in [5, 5.41) is 21.4. The van der Waals surface area contributed by atoms with Crippen molar-refractivity contribution in [1.29, 1.82) is 0 Å². The Balaban J connectivity index is 1.33. The van der Waals surface area contributed by atoms with Crippen LogP contribution >= 0.6 is 11.8 Å². The van der Waals surface area contributed by atoms with E-state index in [-0.39, 0.29) is 6.61 Å². The SMILES string of the molecule is Cc1ccc(-c2nnc(SCC(O)COc3ccc4ccccc4c3)n2N)cc1. The van der Waals surface area contributed by atoms with Gasteiger partial charge < -0.3 is 15.7 Å². The predicted octanol–water partition coefficient (Wildman–Crippen LogP) is 3.65. The molecule has 3 N–H and O–H groups in total. The Bertz CT molecular complexity index is 1110. The molecule has 0 amide bonds. The highest BCUT2D eigenvalue weighted by atomic mass is 32.2. The van der Waals surface area contributed by atoms with Gasteiger partial charge in [-0.05, 0) is 29.8 Å². The molecule has 3 aromatic carbocycles. The van der Waals surface area contributed by atoms with E-state index < -0.39 is 6.10 Å². The average Bonchev–Trinajstić information content (AvgIpc) is 3.11. The maximum absolute atomic E-state index is 10.3. The molecule has 0 bridgehead atoms. The van der Waals surface area contributed by atoms with Gasteiger partial charge in [0.15, 0.2) is 5.82 Å². The first-order valence-corrected chi connectivity index (χ1v) is 10.3. The summed E-state index contributed by atoms with van der Waals surface area (Å²) in [7, 11) is 0. The number of aromatic nitrogens is 3. The minimum absolute atomic E-state index is 0.189. The fraction of sp³-hybridized carbons (Fsp3) is 0.182. The van der Waals surface area contributed by atoms with E-state index in [9.17, 15) is 5.11 Å². The van der Waals surface area contributed by atoms with Crippen LogP contribution in [0.25, 0.3) is 22.2 Å². The number of hydrogen-bond acceptors (Lipinski definition) is 6. The zero-order chi connectivity index (χ0) is 20.2. The second-order valence-electron chi connectivity index (χ2n) is 6.83. The van der Waals surface area contributed by atoms with Crippen molar-refractivity contribution in [3.63, 3.8) is 0 Å². The van der Waals surface area contributed by atoms with E-state index in [1.807, 2.05) is 67.6 Å². The van der Waals surface area contributed by atoms with Crippen molar-refractivity contribution < 1.29 is 9.84 Å². The van der Waals surface area contributed by atoms with Crippen LogP contribution in [-0.2, 0) is 0 Å². The lowest BCUT2D eigenvalue weighted by atomic mass is 10.1. The van der Waals surface area contributed by atoms with Gasteiger partial charge >= 0.3 is 0 Å². The van der Waals surface area contributed by atoms with Crippen molar-refractivity contribution in [2.75, 3.05) is 18.2 Å². The van der Waals surface area contributed by atoms with Gasteiger partial charge in [0.25, 0.3) is 0 Å². The minimum Gasteiger partial charge on any atom is -0.491 e. The molecule has 1 atom stereocenters. The number of aryl methyl sites for hydroxylation is 1. The number of ether oxygens (including phenoxy) is 1. The second-order valence-corrected chi connectivity index (χ2v) is 7.81. The van der Waals surface area contributed by atoms with Crippen LogP contribution in [0.1, 0.15) is 5.56 Å². The van der Waals surface area contributed by atoms with Crippen LogP contribution in [0.15, 0.2) is 71.9 Å². The molecule has 7 heteroatoms. The van der Waals surface area contributed by atoms with Crippen molar-refractivity contribution in [1.82, 2.24) is 14.9 Å². The van der Waals surface area contributed by atoms with Gasteiger partial charge in [0.05, 0.1) is 6.10 Å². The second kappa shape index (κ2) is 8.55. The van der Waals surface area contributed by atoms with Crippen molar-refractivity contribution in [3.05, 3.63) is 72.3 Å². The average molecular weight is 407 g/mol. The minimum atomic E-state index is -0.661. The summed E-state index contributed by atoms with van der Waals surface area (Å²) in [6.07, 6.45) is -0.661. The fourth-order valence-corrected chi connectivity index (χ4v) is 3.71. The molecule has 6 nitrogen and oxygen atoms in total. The van der Waals surface area contributed by atoms with Crippen LogP contribution in [0, 0.1) is 6.92 Å². The molecule has 1 aromatic heterocycles. The number of benzene rings is 3. The van der Waals surface area contributed by atoms with Crippen LogP contribution in [-0.4, -0.2) is 38.4 Å². The Morgan fingerprint density at radius 3 is 2.59 bits per heavy atom. The summed E-state index contributed by atoms with van der Waals surface area (Å²) in [5.41, 5.74) is 2.07. The lowest BCUT2D eigenvalue weighted by Crippen LogP contribution is -2.21. The number of aliphatic hydroxyl groups is 1. The molecule has 0 radical (unpaired) electrons. The molecule has 0 saturated heterocycles. The lowest BCUT2D eigenvalue weighted by molar-refractivity contribution is 0.126. The van der Waals surface area contributed by atoms with E-state index in [1.165, 1.54) is 22.0 Å². The standard InChI is InChI=1S/C22H22N4O2S/c1-15-6-8-17(9-7-15)21-24-25-22(26(21)23)29-14-19(27)13-28-20-11-10-16-4-2-3-5-18(16)12-20/h2-12,19,27H,13-14,23H2,1H3. The van der Waals surface area contributed by atoms with E-state index in [4.69, 9.17) is 10.6 Å². The smallest absolute Gasteiger partial charge is 0.210 e. The summed E-state index contributed by atoms with van der Waals surface area (Å²) in [6.45, 7) is 2.22. The first-order valence-electron chi connectivity index (χ1n) is 9.30. The maximum Gasteiger partial charge on any atom is 0.210 e. The Hall–Kier alpha value is -3.03. The van der Waals surface area contributed by atoms with Gasteiger partial charge in [-0.2, -0.15) is 0 Å². The molecule has 0 aliphatic rings. The third-order valence-corrected chi connectivity index (χ3v) is 5.63. The molecular formula is C22H22N4O2S. The zero-order valence-electron chi connectivity index (χ0n) is 16.0. The molecular weight excluding hydrogens is 384 g/mol. The van der Waals surface area contributed by atoms with E-state index in [1.54, 1.807) is 0 Å². The molecule has 4 rings (SSSR count). The first kappa shape index (κ1) is 19.3. The normalized spacial score (nSPS) is 12.2. The Kier molecular flexibility index (Phi) is 5.69. The predicted molar refractivity (Wildman–Crippen MR) is 117 cm³/mol. The third kappa shape index (κ3) is 4.52. The monoisotopic (exact) mass is 406 g/mol. The lowest BCUT2D eigenvalue weighted by Gasteiger charge is -2.12. The molecule has 0 fully saturated rings. The number of thioether (sulfide) groups is 1. The van der Waals surface area contributed by atoms with Crippen LogP contribution < -0.4 is 10.6 Å². The number of nitrogens with two attached hydrogens (primary N) is 1. The summed E-state index contributed by atoms with van der Waals surface area (Å²) >= 11 is 1.35. The van der Waals surface area contributed by atoms with Crippen LogP contribution in [0.2, 0.25) is 0 Å². The number of nitrogen functional groups attached to an aromatic ring is 1. The maximum atomic E-state index is 10.3. The van der Waals surface area contributed by atoms with Gasteiger partial charge in [0.1, 0.15) is 12.4 Å². The summed E-state index contributed by atoms with van der Waals surface area (Å²) in [6, 6.07) is 21.9. The summed E-state index contributed by atoms with van der Waals surface area (Å²) < 4.78 is 7.19. The molecule has 0 saturated carbocycles. The topological polar surface area (TPSA) is 86.2 Å². The largest absolute Gasteiger partial charge is 0.491 e.